The molecule has 398 valence electrons. The summed E-state index contributed by atoms with van der Waals surface area (Å²) >= 11 is 0. The molecule has 69 heavy (non-hydrogen) atoms. The Balaban J connectivity index is 4.18. The fraction of sp³-hybridized carbons (Fsp3) is 0.712. The number of carbonyl (C=O) groups excluding carboxylic acids is 1. The van der Waals surface area contributed by atoms with Gasteiger partial charge in [-0.05, 0) is 103 Å². The van der Waals surface area contributed by atoms with Crippen LogP contribution in [0.15, 0.2) is 97.2 Å². The highest BCUT2D eigenvalue weighted by Crippen LogP contribution is 2.38. The molecule has 4 unspecified atom stereocenters. The fourth-order valence-electron chi connectivity index (χ4n) is 7.51. The number of nitrogens with one attached hydrogen (secondary N) is 1. The molecule has 0 spiro atoms. The van der Waals surface area contributed by atoms with Gasteiger partial charge in [0.2, 0.25) is 5.91 Å². The maximum absolute atomic E-state index is 13.0. The van der Waals surface area contributed by atoms with Crippen LogP contribution in [0.2, 0.25) is 0 Å². The van der Waals surface area contributed by atoms with Gasteiger partial charge in [0.25, 0.3) is 7.82 Å². The molecule has 0 aliphatic carbocycles. The molecular weight excluding hydrogens is 880 g/mol. The van der Waals surface area contributed by atoms with Crippen LogP contribution in [0, 0.1) is 0 Å². The van der Waals surface area contributed by atoms with Gasteiger partial charge in [-0.2, -0.15) is 0 Å². The molecule has 1 amide bonds. The van der Waals surface area contributed by atoms with Crippen LogP contribution in [-0.2, 0) is 18.4 Å². The standard InChI is InChI=1S/C59H105N2O7P/c1-6-8-10-12-14-16-18-20-21-22-23-24-25-26-27-28-29-30-31-32-33-34-35-36-37-38-39-40-42-44-46-48-50-52-58(63)60-56(55-68-69(65,66)67-54-53-61(3,4)5)59(64)57(62)51-49-47-45-43-41-19-17-15-13-11-9-7-2/h8,10,14-17,20-21,23-24,26-27,29-30,43,45,56-57,59,62,64H,6-7,9,11-13,18-19,22,25,28,31-42,44,46-55H2,1-5H3,(H-,60,63,65,66)/b10-8-,16-14-,17-15+,21-20-,24-23-,27-26-,30-29-,45-43+. The summed E-state index contributed by atoms with van der Waals surface area (Å²) in [6.45, 7) is 4.25. The van der Waals surface area contributed by atoms with Gasteiger partial charge in [-0.3, -0.25) is 9.36 Å². The third-order valence-electron chi connectivity index (χ3n) is 11.9. The molecule has 0 saturated heterocycles. The van der Waals surface area contributed by atoms with Crippen molar-refractivity contribution < 1.29 is 38.0 Å². The van der Waals surface area contributed by atoms with Crippen molar-refractivity contribution in [2.24, 2.45) is 0 Å². The third-order valence-corrected chi connectivity index (χ3v) is 12.8. The minimum absolute atomic E-state index is 0.0526. The van der Waals surface area contributed by atoms with Gasteiger partial charge in [0.1, 0.15) is 19.3 Å². The van der Waals surface area contributed by atoms with E-state index in [4.69, 9.17) is 9.05 Å². The first kappa shape index (κ1) is 66.4. The number of aliphatic hydroxyl groups is 2. The number of hydrogen-bond donors (Lipinski definition) is 3. The highest BCUT2D eigenvalue weighted by atomic mass is 31.2. The van der Waals surface area contributed by atoms with E-state index >= 15 is 0 Å². The summed E-state index contributed by atoms with van der Waals surface area (Å²) in [6.07, 6.45) is 66.2. The Morgan fingerprint density at radius 3 is 1.39 bits per heavy atom. The largest absolute Gasteiger partial charge is 0.756 e. The predicted octanol–water partition coefficient (Wildman–Crippen LogP) is 15.0. The monoisotopic (exact) mass is 985 g/mol. The quantitative estimate of drug-likeness (QED) is 0.0240. The summed E-state index contributed by atoms with van der Waals surface area (Å²) in [6, 6.07) is -1.10. The first-order valence-corrected chi connectivity index (χ1v) is 29.1. The molecule has 4 atom stereocenters. The van der Waals surface area contributed by atoms with E-state index in [2.05, 4.69) is 116 Å². The van der Waals surface area contributed by atoms with Crippen molar-refractivity contribution >= 4 is 13.7 Å². The molecule has 0 aromatic rings. The van der Waals surface area contributed by atoms with Crippen LogP contribution in [0.25, 0.3) is 0 Å². The fourth-order valence-corrected chi connectivity index (χ4v) is 8.23. The number of amides is 1. The average Bonchev–Trinajstić information content (AvgIpc) is 3.31. The molecule has 0 rings (SSSR count). The number of carbonyl (C=O) groups is 1. The predicted molar refractivity (Wildman–Crippen MR) is 294 cm³/mol. The smallest absolute Gasteiger partial charge is 0.268 e. The van der Waals surface area contributed by atoms with Crippen LogP contribution in [0.3, 0.4) is 0 Å². The number of aliphatic hydroxyl groups excluding tert-OH is 2. The van der Waals surface area contributed by atoms with E-state index in [0.29, 0.717) is 30.3 Å². The molecule has 0 aliphatic rings. The molecule has 0 aromatic heterocycles. The molecular formula is C59H105N2O7P. The first-order chi connectivity index (χ1) is 33.4. The SMILES string of the molecule is CC/C=C\C/C=C\C/C=C\C/C=C\C/C=C\C/C=C\CCCCCCCCCCCCCCCCC(=O)NC(COP(=O)([O-])OCC[N+](C)(C)C)C(O)C(O)CCC/C=C/CC/C=C/CCCCC. The number of phosphoric acid groups is 1. The average molecular weight is 985 g/mol. The first-order valence-electron chi connectivity index (χ1n) is 27.7. The van der Waals surface area contributed by atoms with Crippen LogP contribution in [0.1, 0.15) is 213 Å². The lowest BCUT2D eigenvalue weighted by atomic mass is 10.0. The Labute approximate surface area is 424 Å². The topological polar surface area (TPSA) is 128 Å². The second kappa shape index (κ2) is 49.0. The third kappa shape index (κ3) is 50.1. The van der Waals surface area contributed by atoms with Crippen molar-refractivity contribution in [1.29, 1.82) is 0 Å². The highest BCUT2D eigenvalue weighted by Gasteiger charge is 2.29. The molecule has 0 bridgehead atoms. The normalized spacial score (nSPS) is 15.2. The molecule has 0 heterocycles. The maximum atomic E-state index is 13.0. The van der Waals surface area contributed by atoms with Gasteiger partial charge in [0.15, 0.2) is 0 Å². The highest BCUT2D eigenvalue weighted by molar-refractivity contribution is 7.45. The van der Waals surface area contributed by atoms with Gasteiger partial charge in [-0.25, -0.2) is 0 Å². The number of hydrogen-bond acceptors (Lipinski definition) is 7. The number of rotatable bonds is 49. The van der Waals surface area contributed by atoms with E-state index in [1.54, 1.807) is 0 Å². The van der Waals surface area contributed by atoms with Crippen molar-refractivity contribution in [2.45, 2.75) is 231 Å². The zero-order chi connectivity index (χ0) is 50.8. The zero-order valence-electron chi connectivity index (χ0n) is 44.8. The molecule has 10 heteroatoms. The van der Waals surface area contributed by atoms with Gasteiger partial charge in [-0.1, -0.05) is 201 Å². The van der Waals surface area contributed by atoms with Crippen LogP contribution in [0.4, 0.5) is 0 Å². The minimum Gasteiger partial charge on any atom is -0.756 e. The van der Waals surface area contributed by atoms with E-state index in [1.807, 2.05) is 21.1 Å². The van der Waals surface area contributed by atoms with Crippen molar-refractivity contribution in [1.82, 2.24) is 5.32 Å². The van der Waals surface area contributed by atoms with Crippen molar-refractivity contribution in [3.05, 3.63) is 97.2 Å². The molecule has 9 nitrogen and oxygen atoms in total. The lowest BCUT2D eigenvalue weighted by molar-refractivity contribution is -0.870. The van der Waals surface area contributed by atoms with E-state index in [9.17, 15) is 24.5 Å². The van der Waals surface area contributed by atoms with Gasteiger partial charge < -0.3 is 34.0 Å². The number of phosphoric ester groups is 1. The zero-order valence-corrected chi connectivity index (χ0v) is 45.7. The van der Waals surface area contributed by atoms with E-state index < -0.39 is 32.7 Å². The molecule has 0 fully saturated rings. The Bertz CT molecular complexity index is 1460. The minimum atomic E-state index is -4.69. The van der Waals surface area contributed by atoms with Gasteiger partial charge in [0, 0.05) is 6.42 Å². The summed E-state index contributed by atoms with van der Waals surface area (Å²) in [7, 11) is 1.09. The summed E-state index contributed by atoms with van der Waals surface area (Å²) in [4.78, 5) is 25.5. The number of quaternary nitrogens is 1. The van der Waals surface area contributed by atoms with Gasteiger partial charge in [0.05, 0.1) is 39.9 Å². The maximum Gasteiger partial charge on any atom is 0.268 e. The van der Waals surface area contributed by atoms with Crippen molar-refractivity contribution in [3.8, 4) is 0 Å². The van der Waals surface area contributed by atoms with E-state index in [1.165, 1.54) is 89.9 Å². The van der Waals surface area contributed by atoms with E-state index in [-0.39, 0.29) is 18.9 Å². The molecule has 0 aromatic carbocycles. The summed E-state index contributed by atoms with van der Waals surface area (Å²) < 4.78 is 23.2. The lowest BCUT2D eigenvalue weighted by Gasteiger charge is -2.31. The van der Waals surface area contributed by atoms with Crippen LogP contribution >= 0.6 is 7.82 Å². The second-order valence-corrected chi connectivity index (χ2v) is 21.1. The molecule has 0 radical (unpaired) electrons. The van der Waals surface area contributed by atoms with Crippen molar-refractivity contribution in [2.75, 3.05) is 40.9 Å². The molecule has 0 saturated carbocycles. The molecule has 3 N–H and O–H groups in total. The number of unbranched alkanes of at least 4 members (excludes halogenated alkanes) is 19. The Hall–Kier alpha value is -2.62. The molecule has 0 aliphatic heterocycles. The summed E-state index contributed by atoms with van der Waals surface area (Å²) in [5.41, 5.74) is 0. The van der Waals surface area contributed by atoms with E-state index in [0.717, 1.165) is 83.5 Å². The van der Waals surface area contributed by atoms with Crippen LogP contribution in [-0.4, -0.2) is 79.8 Å². The number of likely N-dealkylation sites (N-methyl/N-ethyl adjacent to an activating group) is 1. The summed E-state index contributed by atoms with van der Waals surface area (Å²) in [5.74, 6) is -0.297. The second-order valence-electron chi connectivity index (χ2n) is 19.7. The lowest BCUT2D eigenvalue weighted by Crippen LogP contribution is -2.51. The van der Waals surface area contributed by atoms with Gasteiger partial charge >= 0.3 is 0 Å². The Morgan fingerprint density at radius 2 is 0.928 bits per heavy atom. The van der Waals surface area contributed by atoms with Crippen LogP contribution in [0.5, 0.6) is 0 Å². The summed E-state index contributed by atoms with van der Waals surface area (Å²) in [5, 5.41) is 24.7. The number of nitrogens with zero attached hydrogens (tertiary/aromatic N) is 1. The van der Waals surface area contributed by atoms with Crippen LogP contribution < -0.4 is 10.2 Å². The van der Waals surface area contributed by atoms with Gasteiger partial charge in [-0.15, -0.1) is 0 Å². The Kier molecular flexibility index (Phi) is 47.1. The number of allylic oxidation sites excluding steroid dienone is 16. The van der Waals surface area contributed by atoms with Crippen molar-refractivity contribution in [3.63, 3.8) is 0 Å². The Morgan fingerprint density at radius 1 is 0.536 bits per heavy atom.